The molecular weight excluding hydrogens is 242 g/mol. The van der Waals surface area contributed by atoms with E-state index in [0.29, 0.717) is 0 Å². The molecule has 7 nitrogen and oxygen atoms in total. The van der Waals surface area contributed by atoms with Crippen molar-refractivity contribution in [1.29, 1.82) is 0 Å². The number of piperazine rings is 1. The number of H-pyrrole nitrogens is 1. The summed E-state index contributed by atoms with van der Waals surface area (Å²) >= 11 is 0. The van der Waals surface area contributed by atoms with E-state index in [1.165, 1.54) is 0 Å². The van der Waals surface area contributed by atoms with Crippen molar-refractivity contribution in [3.05, 3.63) is 11.8 Å². The predicted octanol–water partition coefficient (Wildman–Crippen LogP) is 0.177. The van der Waals surface area contributed by atoms with Crippen molar-refractivity contribution < 1.29 is 0 Å². The molecule has 19 heavy (non-hydrogen) atoms. The van der Waals surface area contributed by atoms with Gasteiger partial charge >= 0.3 is 0 Å². The van der Waals surface area contributed by atoms with Gasteiger partial charge in [0.15, 0.2) is 5.82 Å². The standard InChI is InChI=1S/C12H19N7/c1-3-9-8-10(18(2)17-9)11-14-12(16-15-11)19-6-4-13-5-7-19/h8,13H,3-7H2,1-2H3,(H,14,15,16). The Bertz CT molecular complexity index is 550. The summed E-state index contributed by atoms with van der Waals surface area (Å²) in [6.45, 7) is 5.95. The summed E-state index contributed by atoms with van der Waals surface area (Å²) in [4.78, 5) is 6.77. The lowest BCUT2D eigenvalue weighted by molar-refractivity contribution is 0.580. The van der Waals surface area contributed by atoms with Crippen LogP contribution in [0.4, 0.5) is 5.95 Å². The minimum Gasteiger partial charge on any atom is -0.337 e. The molecule has 7 heteroatoms. The molecule has 3 heterocycles. The smallest absolute Gasteiger partial charge is 0.245 e. The second kappa shape index (κ2) is 5.00. The minimum atomic E-state index is 0.774. The Morgan fingerprint density at radius 1 is 1.32 bits per heavy atom. The molecule has 0 aromatic carbocycles. The van der Waals surface area contributed by atoms with Crippen molar-refractivity contribution in [2.45, 2.75) is 13.3 Å². The van der Waals surface area contributed by atoms with Crippen LogP contribution in [0.25, 0.3) is 11.5 Å². The molecular formula is C12H19N7. The third-order valence-corrected chi connectivity index (χ3v) is 3.41. The fourth-order valence-corrected chi connectivity index (χ4v) is 2.29. The Balaban J connectivity index is 1.85. The summed E-state index contributed by atoms with van der Waals surface area (Å²) in [6.07, 6.45) is 0.923. The zero-order chi connectivity index (χ0) is 13.2. The van der Waals surface area contributed by atoms with Crippen LogP contribution in [0.15, 0.2) is 6.07 Å². The van der Waals surface area contributed by atoms with E-state index in [-0.39, 0.29) is 0 Å². The summed E-state index contributed by atoms with van der Waals surface area (Å²) in [5, 5.41) is 15.1. The molecule has 1 aliphatic rings. The Morgan fingerprint density at radius 2 is 2.11 bits per heavy atom. The topological polar surface area (TPSA) is 74.7 Å². The Labute approximate surface area is 112 Å². The van der Waals surface area contributed by atoms with Crippen LogP contribution in [0, 0.1) is 0 Å². The van der Waals surface area contributed by atoms with Gasteiger partial charge in [-0.25, -0.2) is 0 Å². The first-order chi connectivity index (χ1) is 9.28. The van der Waals surface area contributed by atoms with Crippen LogP contribution in [-0.2, 0) is 13.5 Å². The SMILES string of the molecule is CCc1cc(-c2nc(N3CCNCC3)n[nH]2)n(C)n1. The van der Waals surface area contributed by atoms with Crippen molar-refractivity contribution in [3.63, 3.8) is 0 Å². The van der Waals surface area contributed by atoms with E-state index < -0.39 is 0 Å². The number of rotatable bonds is 3. The van der Waals surface area contributed by atoms with E-state index in [0.717, 1.165) is 55.8 Å². The molecule has 1 aliphatic heterocycles. The number of hydrogen-bond donors (Lipinski definition) is 2. The van der Waals surface area contributed by atoms with E-state index in [1.807, 2.05) is 11.7 Å². The van der Waals surface area contributed by atoms with Gasteiger partial charge < -0.3 is 10.2 Å². The van der Waals surface area contributed by atoms with Crippen molar-refractivity contribution in [1.82, 2.24) is 30.3 Å². The lowest BCUT2D eigenvalue weighted by atomic mass is 10.3. The Morgan fingerprint density at radius 3 is 2.79 bits per heavy atom. The van der Waals surface area contributed by atoms with E-state index in [9.17, 15) is 0 Å². The molecule has 102 valence electrons. The Kier molecular flexibility index (Phi) is 3.20. The fraction of sp³-hybridized carbons (Fsp3) is 0.583. The van der Waals surface area contributed by atoms with Crippen LogP contribution in [-0.4, -0.2) is 51.1 Å². The molecule has 3 rings (SSSR count). The summed E-state index contributed by atoms with van der Waals surface area (Å²) in [5.41, 5.74) is 2.04. The lowest BCUT2D eigenvalue weighted by Crippen LogP contribution is -2.44. The molecule has 2 N–H and O–H groups in total. The Hall–Kier alpha value is -1.89. The summed E-state index contributed by atoms with van der Waals surface area (Å²) < 4.78 is 1.85. The number of hydrogen-bond acceptors (Lipinski definition) is 5. The molecule has 0 amide bonds. The molecule has 0 radical (unpaired) electrons. The summed E-state index contributed by atoms with van der Waals surface area (Å²) in [7, 11) is 1.93. The maximum Gasteiger partial charge on any atom is 0.245 e. The van der Waals surface area contributed by atoms with Crippen molar-refractivity contribution in [3.8, 4) is 11.5 Å². The number of nitrogens with one attached hydrogen (secondary N) is 2. The zero-order valence-electron chi connectivity index (χ0n) is 11.3. The molecule has 0 atom stereocenters. The van der Waals surface area contributed by atoms with E-state index in [1.54, 1.807) is 0 Å². The predicted molar refractivity (Wildman–Crippen MR) is 73.0 cm³/mol. The van der Waals surface area contributed by atoms with Crippen molar-refractivity contribution in [2.24, 2.45) is 7.05 Å². The van der Waals surface area contributed by atoms with Crippen LogP contribution in [0.2, 0.25) is 0 Å². The fourth-order valence-electron chi connectivity index (χ4n) is 2.29. The van der Waals surface area contributed by atoms with Crippen LogP contribution >= 0.6 is 0 Å². The zero-order valence-corrected chi connectivity index (χ0v) is 11.3. The first-order valence-electron chi connectivity index (χ1n) is 6.69. The van der Waals surface area contributed by atoms with Gasteiger partial charge in [0.05, 0.1) is 5.69 Å². The highest BCUT2D eigenvalue weighted by Gasteiger charge is 2.17. The van der Waals surface area contributed by atoms with Crippen LogP contribution in [0.1, 0.15) is 12.6 Å². The van der Waals surface area contributed by atoms with Crippen LogP contribution < -0.4 is 10.2 Å². The first kappa shape index (κ1) is 12.2. The van der Waals surface area contributed by atoms with Crippen molar-refractivity contribution >= 4 is 5.95 Å². The number of aromatic nitrogens is 5. The third-order valence-electron chi connectivity index (χ3n) is 3.41. The second-order valence-electron chi connectivity index (χ2n) is 4.72. The first-order valence-corrected chi connectivity index (χ1v) is 6.69. The average molecular weight is 261 g/mol. The molecule has 2 aromatic rings. The van der Waals surface area contributed by atoms with E-state index in [4.69, 9.17) is 0 Å². The van der Waals surface area contributed by atoms with Gasteiger partial charge in [0.2, 0.25) is 5.95 Å². The molecule has 1 fully saturated rings. The molecule has 0 aliphatic carbocycles. The van der Waals surface area contributed by atoms with Gasteiger partial charge in [-0.05, 0) is 12.5 Å². The molecule has 0 bridgehead atoms. The molecule has 1 saturated heterocycles. The van der Waals surface area contributed by atoms with Crippen LogP contribution in [0.5, 0.6) is 0 Å². The maximum absolute atomic E-state index is 4.58. The van der Waals surface area contributed by atoms with Gasteiger partial charge in [-0.2, -0.15) is 10.1 Å². The van der Waals surface area contributed by atoms with E-state index in [2.05, 4.69) is 43.5 Å². The number of anilines is 1. The molecule has 0 spiro atoms. The number of aromatic amines is 1. The van der Waals surface area contributed by atoms with Crippen LogP contribution in [0.3, 0.4) is 0 Å². The highest BCUT2D eigenvalue weighted by atomic mass is 15.4. The lowest BCUT2D eigenvalue weighted by Gasteiger charge is -2.25. The van der Waals surface area contributed by atoms with E-state index >= 15 is 0 Å². The van der Waals surface area contributed by atoms with Crippen molar-refractivity contribution in [2.75, 3.05) is 31.1 Å². The average Bonchev–Trinajstić information content (AvgIpc) is 3.06. The highest BCUT2D eigenvalue weighted by Crippen LogP contribution is 2.18. The molecule has 0 saturated carbocycles. The minimum absolute atomic E-state index is 0.774. The van der Waals surface area contributed by atoms with Gasteiger partial charge in [-0.15, -0.1) is 5.10 Å². The maximum atomic E-state index is 4.58. The van der Waals surface area contributed by atoms with Gasteiger partial charge in [0.1, 0.15) is 5.69 Å². The largest absolute Gasteiger partial charge is 0.337 e. The highest BCUT2D eigenvalue weighted by molar-refractivity contribution is 5.52. The van der Waals surface area contributed by atoms with Gasteiger partial charge in [0, 0.05) is 33.2 Å². The monoisotopic (exact) mass is 261 g/mol. The summed E-state index contributed by atoms with van der Waals surface area (Å²) in [6, 6.07) is 2.06. The summed E-state index contributed by atoms with van der Waals surface area (Å²) in [5.74, 6) is 1.55. The molecule has 0 unspecified atom stereocenters. The number of nitrogens with zero attached hydrogens (tertiary/aromatic N) is 5. The number of aryl methyl sites for hydroxylation is 2. The quantitative estimate of drug-likeness (QED) is 0.824. The van der Waals surface area contributed by atoms with Gasteiger partial charge in [0.25, 0.3) is 0 Å². The van der Waals surface area contributed by atoms with Gasteiger partial charge in [-0.3, -0.25) is 9.78 Å². The third kappa shape index (κ3) is 2.33. The second-order valence-corrected chi connectivity index (χ2v) is 4.72. The van der Waals surface area contributed by atoms with Gasteiger partial charge in [-0.1, -0.05) is 6.92 Å². The normalized spacial score (nSPS) is 16.0. The molecule has 2 aromatic heterocycles.